The summed E-state index contributed by atoms with van der Waals surface area (Å²) in [7, 11) is 0. The van der Waals surface area contributed by atoms with Crippen molar-refractivity contribution in [3.05, 3.63) is 47.4 Å². The number of nitrogens with zero attached hydrogens (tertiary/aromatic N) is 1. The topological polar surface area (TPSA) is 64.9 Å². The molecule has 0 spiro atoms. The molecule has 0 radical (unpaired) electrons. The molecule has 0 aliphatic heterocycles. The number of benzene rings is 1. The highest BCUT2D eigenvalue weighted by Crippen LogP contribution is 2.03. The fourth-order valence-electron chi connectivity index (χ4n) is 1.41. The molecular formula is C14H16FN3O. The first-order valence-corrected chi connectivity index (χ1v) is 5.92. The van der Waals surface area contributed by atoms with Gasteiger partial charge in [-0.05, 0) is 31.5 Å². The molecular weight excluding hydrogens is 245 g/mol. The summed E-state index contributed by atoms with van der Waals surface area (Å²) in [6.45, 7) is 3.97. The van der Waals surface area contributed by atoms with Crippen LogP contribution in [0, 0.1) is 17.1 Å². The van der Waals surface area contributed by atoms with Crippen molar-refractivity contribution in [2.24, 2.45) is 0 Å². The van der Waals surface area contributed by atoms with Crippen molar-refractivity contribution in [3.8, 4) is 6.07 Å². The minimum absolute atomic E-state index is 0.00916. The van der Waals surface area contributed by atoms with Crippen LogP contribution in [0.1, 0.15) is 19.4 Å². The van der Waals surface area contributed by atoms with E-state index in [9.17, 15) is 9.18 Å². The molecule has 0 atom stereocenters. The van der Waals surface area contributed by atoms with Crippen LogP contribution in [-0.4, -0.2) is 11.9 Å². The molecule has 0 aromatic heterocycles. The van der Waals surface area contributed by atoms with E-state index in [1.165, 1.54) is 18.3 Å². The van der Waals surface area contributed by atoms with E-state index in [0.29, 0.717) is 6.54 Å². The smallest absolute Gasteiger partial charge is 0.263 e. The number of carbonyl (C=O) groups excluding carboxylic acids is 1. The Kier molecular flexibility index (Phi) is 5.55. The van der Waals surface area contributed by atoms with Gasteiger partial charge in [0.05, 0.1) is 0 Å². The number of rotatable bonds is 5. The second-order valence-electron chi connectivity index (χ2n) is 4.31. The summed E-state index contributed by atoms with van der Waals surface area (Å²) in [5.41, 5.74) is 0.725. The molecule has 0 aliphatic rings. The molecule has 1 rings (SSSR count). The summed E-state index contributed by atoms with van der Waals surface area (Å²) >= 11 is 0. The van der Waals surface area contributed by atoms with E-state index < -0.39 is 5.91 Å². The normalized spacial score (nSPS) is 11.0. The monoisotopic (exact) mass is 261 g/mol. The van der Waals surface area contributed by atoms with Crippen molar-refractivity contribution in [3.63, 3.8) is 0 Å². The highest BCUT2D eigenvalue weighted by atomic mass is 19.1. The van der Waals surface area contributed by atoms with Crippen LogP contribution in [0.15, 0.2) is 36.0 Å². The molecule has 0 fully saturated rings. The Morgan fingerprint density at radius 3 is 2.84 bits per heavy atom. The van der Waals surface area contributed by atoms with Gasteiger partial charge in [0.25, 0.3) is 5.91 Å². The third kappa shape index (κ3) is 5.21. The molecule has 0 saturated heterocycles. The summed E-state index contributed by atoms with van der Waals surface area (Å²) in [6, 6.07) is 7.89. The lowest BCUT2D eigenvalue weighted by molar-refractivity contribution is -0.117. The van der Waals surface area contributed by atoms with Crippen molar-refractivity contribution in [2.45, 2.75) is 26.4 Å². The lowest BCUT2D eigenvalue weighted by atomic mass is 10.2. The van der Waals surface area contributed by atoms with Crippen LogP contribution in [0.5, 0.6) is 0 Å². The molecule has 100 valence electrons. The van der Waals surface area contributed by atoms with Crippen molar-refractivity contribution in [1.82, 2.24) is 10.6 Å². The van der Waals surface area contributed by atoms with Crippen molar-refractivity contribution in [1.29, 1.82) is 5.26 Å². The zero-order valence-corrected chi connectivity index (χ0v) is 10.9. The van der Waals surface area contributed by atoms with Gasteiger partial charge >= 0.3 is 0 Å². The highest BCUT2D eigenvalue weighted by Gasteiger charge is 2.09. The van der Waals surface area contributed by atoms with E-state index in [0.717, 1.165) is 5.56 Å². The molecule has 0 bridgehead atoms. The van der Waals surface area contributed by atoms with Crippen LogP contribution in [0.25, 0.3) is 0 Å². The Hall–Kier alpha value is -2.35. The third-order valence-corrected chi connectivity index (χ3v) is 2.23. The summed E-state index contributed by atoms with van der Waals surface area (Å²) in [4.78, 5) is 11.6. The van der Waals surface area contributed by atoms with Gasteiger partial charge in [0.2, 0.25) is 0 Å². The Bertz CT molecular complexity index is 518. The van der Waals surface area contributed by atoms with Crippen LogP contribution >= 0.6 is 0 Å². The van der Waals surface area contributed by atoms with E-state index >= 15 is 0 Å². The van der Waals surface area contributed by atoms with E-state index in [4.69, 9.17) is 5.26 Å². The Balaban J connectivity index is 2.59. The second-order valence-corrected chi connectivity index (χ2v) is 4.31. The quantitative estimate of drug-likeness (QED) is 0.628. The Morgan fingerprint density at radius 1 is 1.53 bits per heavy atom. The molecule has 0 unspecified atom stereocenters. The summed E-state index contributed by atoms with van der Waals surface area (Å²) < 4.78 is 12.9. The zero-order valence-electron chi connectivity index (χ0n) is 10.9. The molecule has 19 heavy (non-hydrogen) atoms. The summed E-state index contributed by atoms with van der Waals surface area (Å²) in [5.74, 6) is -0.745. The molecule has 0 heterocycles. The summed E-state index contributed by atoms with van der Waals surface area (Å²) in [5, 5.41) is 14.3. The van der Waals surface area contributed by atoms with E-state index in [-0.39, 0.29) is 17.4 Å². The molecule has 2 N–H and O–H groups in total. The highest BCUT2D eigenvalue weighted by molar-refractivity contribution is 5.97. The van der Waals surface area contributed by atoms with Gasteiger partial charge in [-0.3, -0.25) is 4.79 Å². The van der Waals surface area contributed by atoms with Gasteiger partial charge in [0, 0.05) is 18.8 Å². The number of hydrogen-bond acceptors (Lipinski definition) is 3. The SMILES string of the molecule is CC(C)NC(=O)/C(C#N)=C\NCc1cccc(F)c1. The van der Waals surface area contributed by atoms with Crippen LogP contribution < -0.4 is 10.6 Å². The maximum atomic E-state index is 12.9. The fourth-order valence-corrected chi connectivity index (χ4v) is 1.41. The van der Waals surface area contributed by atoms with Crippen LogP contribution in [0.4, 0.5) is 4.39 Å². The largest absolute Gasteiger partial charge is 0.386 e. The molecule has 1 aromatic carbocycles. The van der Waals surface area contributed by atoms with E-state index in [1.807, 2.05) is 19.9 Å². The van der Waals surface area contributed by atoms with Gasteiger partial charge in [-0.1, -0.05) is 12.1 Å². The Labute approximate surface area is 111 Å². The molecule has 0 saturated carbocycles. The average molecular weight is 261 g/mol. The van der Waals surface area contributed by atoms with Crippen LogP contribution in [-0.2, 0) is 11.3 Å². The number of halogens is 1. The zero-order chi connectivity index (χ0) is 14.3. The lowest BCUT2D eigenvalue weighted by Crippen LogP contribution is -2.31. The van der Waals surface area contributed by atoms with E-state index in [2.05, 4.69) is 10.6 Å². The number of hydrogen-bond donors (Lipinski definition) is 2. The van der Waals surface area contributed by atoms with E-state index in [1.54, 1.807) is 12.1 Å². The Morgan fingerprint density at radius 2 is 2.26 bits per heavy atom. The lowest BCUT2D eigenvalue weighted by Gasteiger charge is -2.07. The van der Waals surface area contributed by atoms with Crippen LogP contribution in [0.2, 0.25) is 0 Å². The number of amides is 1. The first-order valence-electron chi connectivity index (χ1n) is 5.92. The van der Waals surface area contributed by atoms with Crippen molar-refractivity contribution >= 4 is 5.91 Å². The van der Waals surface area contributed by atoms with Crippen molar-refractivity contribution < 1.29 is 9.18 Å². The minimum atomic E-state index is -0.427. The van der Waals surface area contributed by atoms with Gasteiger partial charge in [-0.15, -0.1) is 0 Å². The first kappa shape index (κ1) is 14.7. The fraction of sp³-hybridized carbons (Fsp3) is 0.286. The van der Waals surface area contributed by atoms with Gasteiger partial charge in [-0.2, -0.15) is 5.26 Å². The average Bonchev–Trinajstić information content (AvgIpc) is 2.33. The van der Waals surface area contributed by atoms with Gasteiger partial charge in [0.1, 0.15) is 17.5 Å². The van der Waals surface area contributed by atoms with Crippen molar-refractivity contribution in [2.75, 3.05) is 0 Å². The van der Waals surface area contributed by atoms with Gasteiger partial charge < -0.3 is 10.6 Å². The maximum absolute atomic E-state index is 12.9. The molecule has 1 aromatic rings. The molecule has 5 heteroatoms. The van der Waals surface area contributed by atoms with Gasteiger partial charge in [0.15, 0.2) is 0 Å². The first-order chi connectivity index (χ1) is 9.02. The van der Waals surface area contributed by atoms with Gasteiger partial charge in [-0.25, -0.2) is 4.39 Å². The standard InChI is InChI=1S/C14H16FN3O/c1-10(2)18-14(19)12(7-16)9-17-8-11-4-3-5-13(15)6-11/h3-6,9-10,17H,8H2,1-2H3,(H,18,19)/b12-9-. The minimum Gasteiger partial charge on any atom is -0.386 e. The maximum Gasteiger partial charge on any atom is 0.263 e. The predicted octanol–water partition coefficient (Wildman–Crippen LogP) is 1.85. The van der Waals surface area contributed by atoms with Crippen LogP contribution in [0.3, 0.4) is 0 Å². The number of nitrogens with one attached hydrogen (secondary N) is 2. The second kappa shape index (κ2) is 7.17. The number of nitriles is 1. The molecule has 0 aliphatic carbocycles. The molecule has 4 nitrogen and oxygen atoms in total. The molecule has 1 amide bonds. The predicted molar refractivity (Wildman–Crippen MR) is 70.2 cm³/mol. The third-order valence-electron chi connectivity index (χ3n) is 2.23. The number of carbonyl (C=O) groups is 1. The summed E-state index contributed by atoms with van der Waals surface area (Å²) in [6.07, 6.45) is 1.34.